The Morgan fingerprint density at radius 2 is 2.00 bits per heavy atom. The second-order valence-electron chi connectivity index (χ2n) is 5.74. The number of rotatable bonds is 3. The maximum Gasteiger partial charge on any atom is 0.407 e. The highest BCUT2D eigenvalue weighted by molar-refractivity contribution is 5.68. The van der Waals surface area contributed by atoms with Gasteiger partial charge in [0.1, 0.15) is 5.60 Å². The second kappa shape index (κ2) is 6.24. The van der Waals surface area contributed by atoms with Crippen molar-refractivity contribution in [3.63, 3.8) is 0 Å². The average Bonchev–Trinajstić information content (AvgIpc) is 2.24. The molecule has 0 unspecified atom stereocenters. The Labute approximate surface area is 109 Å². The third kappa shape index (κ3) is 5.91. The van der Waals surface area contributed by atoms with Gasteiger partial charge in [-0.15, -0.1) is 0 Å². The molecule has 1 aliphatic rings. The summed E-state index contributed by atoms with van der Waals surface area (Å²) < 4.78 is 26.6. The van der Waals surface area contributed by atoms with E-state index in [1.54, 1.807) is 0 Å². The van der Waals surface area contributed by atoms with E-state index in [2.05, 4.69) is 10.6 Å². The van der Waals surface area contributed by atoms with Crippen LogP contribution in [0.4, 0.5) is 4.79 Å². The van der Waals surface area contributed by atoms with E-state index in [4.69, 9.17) is 8.85 Å². The van der Waals surface area contributed by atoms with Crippen molar-refractivity contribution in [2.24, 2.45) is 5.92 Å². The van der Waals surface area contributed by atoms with Gasteiger partial charge in [-0.25, -0.2) is 4.79 Å². The lowest BCUT2D eigenvalue weighted by Crippen LogP contribution is -2.41. The Balaban J connectivity index is 2.24. The summed E-state index contributed by atoms with van der Waals surface area (Å²) in [5.41, 5.74) is -0.481. The van der Waals surface area contributed by atoms with E-state index in [1.165, 1.54) is 0 Å². The molecule has 0 radical (unpaired) electrons. The molecule has 1 aliphatic carbocycles. The Morgan fingerprint density at radius 3 is 2.53 bits per heavy atom. The number of hydrogen-bond acceptors (Lipinski definition) is 3. The topological polar surface area (TPSA) is 50.4 Å². The standard InChI is InChI=1S/C13H26N2O2/c1-13(2,3)17-12(16)15-11-7-5-10(6-8-11)9-14-4/h10-11,14H,5-9H2,1-4H3,(H,15,16)/i4D3. The number of alkyl carbamates (subject to hydrolysis) is 1. The van der Waals surface area contributed by atoms with E-state index in [0.29, 0.717) is 12.5 Å². The molecule has 4 nitrogen and oxygen atoms in total. The summed E-state index contributed by atoms with van der Waals surface area (Å²) in [4.78, 5) is 11.6. The Hall–Kier alpha value is -0.770. The van der Waals surface area contributed by atoms with Gasteiger partial charge >= 0.3 is 6.09 Å². The quantitative estimate of drug-likeness (QED) is 0.802. The zero-order valence-electron chi connectivity index (χ0n) is 14.0. The predicted molar refractivity (Wildman–Crippen MR) is 69.0 cm³/mol. The summed E-state index contributed by atoms with van der Waals surface area (Å²) in [5.74, 6) is 0.368. The molecule has 1 fully saturated rings. The molecule has 0 spiro atoms. The third-order valence-corrected chi connectivity index (χ3v) is 2.96. The smallest absolute Gasteiger partial charge is 0.407 e. The minimum Gasteiger partial charge on any atom is -0.444 e. The lowest BCUT2D eigenvalue weighted by Gasteiger charge is -2.29. The summed E-state index contributed by atoms with van der Waals surface area (Å²) in [6.45, 7) is 3.96. The van der Waals surface area contributed by atoms with Crippen molar-refractivity contribution in [3.05, 3.63) is 0 Å². The van der Waals surface area contributed by atoms with Gasteiger partial charge in [-0.1, -0.05) is 0 Å². The molecule has 1 amide bonds. The summed E-state index contributed by atoms with van der Waals surface area (Å²) in [6.07, 6.45) is 3.20. The van der Waals surface area contributed by atoms with Crippen molar-refractivity contribution >= 4 is 6.09 Å². The number of carbonyl (C=O) groups excluding carboxylic acids is 1. The molecule has 17 heavy (non-hydrogen) atoms. The largest absolute Gasteiger partial charge is 0.444 e. The molecular weight excluding hydrogens is 216 g/mol. The van der Waals surface area contributed by atoms with E-state index < -0.39 is 12.6 Å². The Morgan fingerprint density at radius 1 is 1.35 bits per heavy atom. The average molecular weight is 245 g/mol. The normalized spacial score (nSPS) is 28.8. The van der Waals surface area contributed by atoms with Crippen LogP contribution >= 0.6 is 0 Å². The molecule has 100 valence electrons. The Kier molecular flexibility index (Phi) is 3.74. The van der Waals surface area contributed by atoms with Crippen molar-refractivity contribution in [3.8, 4) is 0 Å². The van der Waals surface area contributed by atoms with Crippen LogP contribution in [0, 0.1) is 5.92 Å². The van der Waals surface area contributed by atoms with Crippen molar-refractivity contribution in [2.45, 2.75) is 58.1 Å². The van der Waals surface area contributed by atoms with Gasteiger partial charge in [0.2, 0.25) is 0 Å². The fourth-order valence-corrected chi connectivity index (χ4v) is 2.13. The van der Waals surface area contributed by atoms with Gasteiger partial charge < -0.3 is 15.4 Å². The molecular formula is C13H26N2O2. The molecule has 0 saturated heterocycles. The van der Waals surface area contributed by atoms with Crippen LogP contribution in [-0.2, 0) is 4.74 Å². The molecule has 0 aromatic carbocycles. The zero-order chi connectivity index (χ0) is 15.4. The van der Waals surface area contributed by atoms with Crippen LogP contribution in [0.3, 0.4) is 0 Å². The molecule has 1 saturated carbocycles. The van der Waals surface area contributed by atoms with Crippen LogP contribution in [0.15, 0.2) is 0 Å². The summed E-state index contributed by atoms with van der Waals surface area (Å²) in [7, 11) is 0. The molecule has 0 heterocycles. The van der Waals surface area contributed by atoms with Crippen LogP contribution in [0.25, 0.3) is 0 Å². The maximum absolute atomic E-state index is 11.6. The highest BCUT2D eigenvalue weighted by Gasteiger charge is 2.24. The highest BCUT2D eigenvalue weighted by Crippen LogP contribution is 2.23. The molecule has 0 aliphatic heterocycles. The first-order chi connectivity index (χ1) is 9.05. The van der Waals surface area contributed by atoms with E-state index in [9.17, 15) is 4.79 Å². The number of ether oxygens (including phenoxy) is 1. The van der Waals surface area contributed by atoms with E-state index in [0.717, 1.165) is 25.7 Å². The Bertz CT molecular complexity index is 319. The lowest BCUT2D eigenvalue weighted by atomic mass is 9.86. The molecule has 0 atom stereocenters. The molecule has 4 heteroatoms. The van der Waals surface area contributed by atoms with Crippen LogP contribution in [0.2, 0.25) is 0 Å². The SMILES string of the molecule is [2H]C([2H])([2H])NCC1CCC(NC(=O)OC(C)(C)C)CC1. The highest BCUT2D eigenvalue weighted by atomic mass is 16.6. The van der Waals surface area contributed by atoms with Gasteiger partial charge in [-0.2, -0.15) is 0 Å². The van der Waals surface area contributed by atoms with Crippen LogP contribution in [0.5, 0.6) is 0 Å². The van der Waals surface area contributed by atoms with Crippen molar-refractivity contribution in [1.29, 1.82) is 0 Å². The number of amides is 1. The second-order valence-corrected chi connectivity index (χ2v) is 5.74. The fourth-order valence-electron chi connectivity index (χ4n) is 2.13. The molecule has 1 rings (SSSR count). The first kappa shape index (κ1) is 10.2. The van der Waals surface area contributed by atoms with Gasteiger partial charge in [-0.3, -0.25) is 0 Å². The number of carbonyl (C=O) groups is 1. The summed E-state index contributed by atoms with van der Waals surface area (Å²) in [6, 6.07) is 0.133. The van der Waals surface area contributed by atoms with Gasteiger partial charge in [0.25, 0.3) is 0 Å². The molecule has 2 N–H and O–H groups in total. The van der Waals surface area contributed by atoms with Crippen LogP contribution in [0.1, 0.15) is 50.6 Å². The summed E-state index contributed by atoms with van der Waals surface area (Å²) in [5, 5.41) is 5.44. The monoisotopic (exact) mass is 245 g/mol. The van der Waals surface area contributed by atoms with Crippen LogP contribution < -0.4 is 10.6 Å². The molecule has 0 bridgehead atoms. The number of hydrogen-bond donors (Lipinski definition) is 2. The first-order valence-electron chi connectivity index (χ1n) is 7.80. The molecule has 0 aromatic rings. The minimum absolute atomic E-state index is 0.133. The van der Waals surface area contributed by atoms with Crippen molar-refractivity contribution in [1.82, 2.24) is 10.6 Å². The van der Waals surface area contributed by atoms with E-state index in [1.807, 2.05) is 20.8 Å². The van der Waals surface area contributed by atoms with Crippen molar-refractivity contribution < 1.29 is 13.6 Å². The third-order valence-electron chi connectivity index (χ3n) is 2.96. The number of nitrogens with one attached hydrogen (secondary N) is 2. The lowest BCUT2D eigenvalue weighted by molar-refractivity contribution is 0.0487. The van der Waals surface area contributed by atoms with Gasteiger partial charge in [0, 0.05) is 10.2 Å². The first-order valence-corrected chi connectivity index (χ1v) is 6.30. The van der Waals surface area contributed by atoms with Gasteiger partial charge in [0.15, 0.2) is 0 Å². The van der Waals surface area contributed by atoms with Crippen LogP contribution in [-0.4, -0.2) is 31.3 Å². The van der Waals surface area contributed by atoms with E-state index >= 15 is 0 Å². The molecule has 0 aromatic heterocycles. The summed E-state index contributed by atoms with van der Waals surface area (Å²) >= 11 is 0. The zero-order valence-corrected chi connectivity index (χ0v) is 11.0. The van der Waals surface area contributed by atoms with Gasteiger partial charge in [-0.05, 0) is 65.9 Å². The fraction of sp³-hybridized carbons (Fsp3) is 0.923. The van der Waals surface area contributed by atoms with Crippen molar-refractivity contribution in [2.75, 3.05) is 13.5 Å². The van der Waals surface area contributed by atoms with Gasteiger partial charge in [0.05, 0.1) is 0 Å². The predicted octanol–water partition coefficient (Wildman–Crippen LogP) is 2.29. The van der Waals surface area contributed by atoms with E-state index in [-0.39, 0.29) is 12.1 Å². The minimum atomic E-state index is -2.06. The maximum atomic E-state index is 11.6.